The van der Waals surface area contributed by atoms with Gasteiger partial charge in [0.1, 0.15) is 5.75 Å². The molecule has 0 saturated carbocycles. The van der Waals surface area contributed by atoms with Crippen LogP contribution in [0.25, 0.3) is 0 Å². The van der Waals surface area contributed by atoms with Crippen molar-refractivity contribution in [3.05, 3.63) is 65.7 Å². The molecule has 0 bridgehead atoms. The van der Waals surface area contributed by atoms with Crippen LogP contribution in [0.4, 0.5) is 0 Å². The van der Waals surface area contributed by atoms with E-state index in [-0.39, 0.29) is 5.41 Å². The third-order valence-corrected chi connectivity index (χ3v) is 4.30. The van der Waals surface area contributed by atoms with Gasteiger partial charge < -0.3 is 10.5 Å². The molecule has 2 nitrogen and oxygen atoms in total. The van der Waals surface area contributed by atoms with E-state index in [2.05, 4.69) is 56.3 Å². The Labute approximate surface area is 134 Å². The molecule has 2 aromatic rings. The molecule has 0 aliphatic heterocycles. The van der Waals surface area contributed by atoms with E-state index in [1.807, 2.05) is 12.1 Å². The Hall–Kier alpha value is -1.80. The SMILES string of the molecule is Cc1cccc(OCCCCC(C)(CN)c2ccccc2)c1. The van der Waals surface area contributed by atoms with Crippen LogP contribution in [0.15, 0.2) is 54.6 Å². The molecule has 0 aliphatic carbocycles. The lowest BCUT2D eigenvalue weighted by molar-refractivity contribution is 0.295. The van der Waals surface area contributed by atoms with Crippen LogP contribution in [0, 0.1) is 6.92 Å². The highest BCUT2D eigenvalue weighted by Crippen LogP contribution is 2.28. The molecule has 0 aliphatic rings. The topological polar surface area (TPSA) is 35.2 Å². The van der Waals surface area contributed by atoms with Crippen LogP contribution in [0.3, 0.4) is 0 Å². The molecule has 0 heterocycles. The van der Waals surface area contributed by atoms with E-state index >= 15 is 0 Å². The van der Waals surface area contributed by atoms with Gasteiger partial charge in [-0.15, -0.1) is 0 Å². The van der Waals surface area contributed by atoms with Crippen molar-refractivity contribution in [3.63, 3.8) is 0 Å². The van der Waals surface area contributed by atoms with Gasteiger partial charge in [0.2, 0.25) is 0 Å². The lowest BCUT2D eigenvalue weighted by atomic mass is 9.78. The van der Waals surface area contributed by atoms with Crippen molar-refractivity contribution in [2.45, 2.75) is 38.5 Å². The highest BCUT2D eigenvalue weighted by atomic mass is 16.5. The van der Waals surface area contributed by atoms with E-state index in [1.54, 1.807) is 0 Å². The highest BCUT2D eigenvalue weighted by Gasteiger charge is 2.23. The molecule has 0 radical (unpaired) electrons. The summed E-state index contributed by atoms with van der Waals surface area (Å²) in [6.45, 7) is 5.78. The van der Waals surface area contributed by atoms with Gasteiger partial charge in [-0.1, -0.05) is 49.4 Å². The lowest BCUT2D eigenvalue weighted by Gasteiger charge is -2.28. The van der Waals surface area contributed by atoms with Gasteiger partial charge in [-0.3, -0.25) is 0 Å². The van der Waals surface area contributed by atoms with Crippen molar-refractivity contribution in [1.29, 1.82) is 0 Å². The zero-order valence-electron chi connectivity index (χ0n) is 13.7. The summed E-state index contributed by atoms with van der Waals surface area (Å²) in [4.78, 5) is 0. The Kier molecular flexibility index (Phi) is 6.02. The maximum Gasteiger partial charge on any atom is 0.119 e. The van der Waals surface area contributed by atoms with Crippen molar-refractivity contribution in [2.24, 2.45) is 5.73 Å². The fraction of sp³-hybridized carbons (Fsp3) is 0.400. The molecule has 118 valence electrons. The Balaban J connectivity index is 1.77. The van der Waals surface area contributed by atoms with E-state index in [1.165, 1.54) is 11.1 Å². The molecule has 2 aromatic carbocycles. The number of unbranched alkanes of at least 4 members (excludes halogenated alkanes) is 1. The van der Waals surface area contributed by atoms with Gasteiger partial charge in [0.15, 0.2) is 0 Å². The number of benzene rings is 2. The van der Waals surface area contributed by atoms with Gasteiger partial charge >= 0.3 is 0 Å². The fourth-order valence-electron chi connectivity index (χ4n) is 2.72. The molecule has 1 unspecified atom stereocenters. The predicted molar refractivity (Wildman–Crippen MR) is 93.4 cm³/mol. The van der Waals surface area contributed by atoms with Gasteiger partial charge in [-0.2, -0.15) is 0 Å². The maximum absolute atomic E-state index is 6.03. The van der Waals surface area contributed by atoms with Gasteiger partial charge in [-0.05, 0) is 49.4 Å². The fourth-order valence-corrected chi connectivity index (χ4v) is 2.72. The Morgan fingerprint density at radius 2 is 1.77 bits per heavy atom. The minimum atomic E-state index is 0.0601. The molecule has 22 heavy (non-hydrogen) atoms. The van der Waals surface area contributed by atoms with Crippen molar-refractivity contribution in [1.82, 2.24) is 0 Å². The molecule has 2 rings (SSSR count). The van der Waals surface area contributed by atoms with Crippen LogP contribution >= 0.6 is 0 Å². The number of aryl methyl sites for hydroxylation is 1. The first-order chi connectivity index (χ1) is 10.6. The molecule has 0 spiro atoms. The highest BCUT2D eigenvalue weighted by molar-refractivity contribution is 5.27. The second-order valence-electron chi connectivity index (χ2n) is 6.25. The van der Waals surface area contributed by atoms with Gasteiger partial charge in [0, 0.05) is 12.0 Å². The molecule has 0 saturated heterocycles. The van der Waals surface area contributed by atoms with Crippen LogP contribution in [0.5, 0.6) is 5.75 Å². The summed E-state index contributed by atoms with van der Waals surface area (Å²) in [5.41, 5.74) is 8.65. The third-order valence-electron chi connectivity index (χ3n) is 4.30. The van der Waals surface area contributed by atoms with Gasteiger partial charge in [0.05, 0.1) is 6.61 Å². The van der Waals surface area contributed by atoms with E-state index in [0.29, 0.717) is 6.54 Å². The molecule has 2 heteroatoms. The molecule has 0 aromatic heterocycles. The van der Waals surface area contributed by atoms with Gasteiger partial charge in [0.25, 0.3) is 0 Å². The summed E-state index contributed by atoms with van der Waals surface area (Å²) in [7, 11) is 0. The van der Waals surface area contributed by atoms with Crippen LogP contribution in [0.1, 0.15) is 37.3 Å². The van der Waals surface area contributed by atoms with E-state index in [0.717, 1.165) is 31.6 Å². The Morgan fingerprint density at radius 1 is 1.00 bits per heavy atom. The molecule has 1 atom stereocenters. The molecule has 0 amide bonds. The Bertz CT molecular complexity index is 567. The van der Waals surface area contributed by atoms with Crippen LogP contribution in [-0.2, 0) is 5.41 Å². The van der Waals surface area contributed by atoms with E-state index in [9.17, 15) is 0 Å². The Morgan fingerprint density at radius 3 is 2.45 bits per heavy atom. The van der Waals surface area contributed by atoms with Crippen molar-refractivity contribution >= 4 is 0 Å². The molecule has 0 fully saturated rings. The smallest absolute Gasteiger partial charge is 0.119 e. The van der Waals surface area contributed by atoms with Crippen molar-refractivity contribution in [3.8, 4) is 5.75 Å². The first-order valence-corrected chi connectivity index (χ1v) is 8.09. The molecule has 2 N–H and O–H groups in total. The van der Waals surface area contributed by atoms with E-state index in [4.69, 9.17) is 10.5 Å². The summed E-state index contributed by atoms with van der Waals surface area (Å²) in [5.74, 6) is 0.963. The zero-order valence-corrected chi connectivity index (χ0v) is 13.7. The number of rotatable bonds is 8. The maximum atomic E-state index is 6.03. The quantitative estimate of drug-likeness (QED) is 0.730. The minimum Gasteiger partial charge on any atom is -0.494 e. The first kappa shape index (κ1) is 16.6. The standard InChI is InChI=1S/C20H27NO/c1-17-9-8-12-19(15-17)22-14-7-6-13-20(2,16-21)18-10-4-3-5-11-18/h3-5,8-12,15H,6-7,13-14,16,21H2,1-2H3. The lowest BCUT2D eigenvalue weighted by Crippen LogP contribution is -2.31. The molecular weight excluding hydrogens is 270 g/mol. The summed E-state index contributed by atoms with van der Waals surface area (Å²) in [5, 5.41) is 0. The second kappa shape index (κ2) is 8.00. The monoisotopic (exact) mass is 297 g/mol. The van der Waals surface area contributed by atoms with Crippen molar-refractivity contribution in [2.75, 3.05) is 13.2 Å². The van der Waals surface area contributed by atoms with Crippen LogP contribution < -0.4 is 10.5 Å². The van der Waals surface area contributed by atoms with E-state index < -0.39 is 0 Å². The second-order valence-corrected chi connectivity index (χ2v) is 6.25. The predicted octanol–water partition coefficient (Wildman–Crippen LogP) is 4.46. The van der Waals surface area contributed by atoms with Crippen LogP contribution in [-0.4, -0.2) is 13.2 Å². The largest absolute Gasteiger partial charge is 0.494 e. The number of hydrogen-bond acceptors (Lipinski definition) is 2. The van der Waals surface area contributed by atoms with Gasteiger partial charge in [-0.25, -0.2) is 0 Å². The normalized spacial score (nSPS) is 13.6. The minimum absolute atomic E-state index is 0.0601. The average molecular weight is 297 g/mol. The summed E-state index contributed by atoms with van der Waals surface area (Å²) >= 11 is 0. The number of hydrogen-bond donors (Lipinski definition) is 1. The first-order valence-electron chi connectivity index (χ1n) is 8.09. The summed E-state index contributed by atoms with van der Waals surface area (Å²) < 4.78 is 5.81. The number of ether oxygens (including phenoxy) is 1. The third kappa shape index (κ3) is 4.60. The number of nitrogens with two attached hydrogens (primary N) is 1. The van der Waals surface area contributed by atoms with Crippen LogP contribution in [0.2, 0.25) is 0 Å². The average Bonchev–Trinajstić information content (AvgIpc) is 2.55. The molecular formula is C20H27NO. The zero-order chi connectivity index (χ0) is 15.8. The summed E-state index contributed by atoms with van der Waals surface area (Å²) in [6.07, 6.45) is 3.26. The van der Waals surface area contributed by atoms with Crippen molar-refractivity contribution < 1.29 is 4.74 Å². The summed E-state index contributed by atoms with van der Waals surface area (Å²) in [6, 6.07) is 18.8.